The highest BCUT2D eigenvalue weighted by Gasteiger charge is 2.23. The molecule has 0 radical (unpaired) electrons. The number of rotatable bonds is 4. The number of hydrogen-bond donors (Lipinski definition) is 1. The van der Waals surface area contributed by atoms with E-state index in [1.54, 1.807) is 11.3 Å². The van der Waals surface area contributed by atoms with Gasteiger partial charge >= 0.3 is 0 Å². The van der Waals surface area contributed by atoms with Crippen LogP contribution in [0.15, 0.2) is 17.8 Å². The summed E-state index contributed by atoms with van der Waals surface area (Å²) in [6.45, 7) is 4.94. The molecule has 16 heavy (non-hydrogen) atoms. The average molecular weight is 239 g/mol. The second-order valence-electron chi connectivity index (χ2n) is 4.65. The van der Waals surface area contributed by atoms with Gasteiger partial charge in [-0.25, -0.2) is 4.98 Å². The Kier molecular flexibility index (Phi) is 3.01. The fourth-order valence-electron chi connectivity index (χ4n) is 1.43. The Bertz CT molecular complexity index is 446. The highest BCUT2D eigenvalue weighted by atomic mass is 32.1. The van der Waals surface area contributed by atoms with Gasteiger partial charge in [-0.2, -0.15) is 0 Å². The second kappa shape index (κ2) is 4.16. The van der Waals surface area contributed by atoms with Crippen molar-refractivity contribution in [3.05, 3.63) is 23.5 Å². The number of aliphatic hydroxyl groups excluding tert-OH is 1. The zero-order chi connectivity index (χ0) is 11.8. The van der Waals surface area contributed by atoms with Gasteiger partial charge in [-0.05, 0) is 20.9 Å². The molecule has 0 saturated carbocycles. The van der Waals surface area contributed by atoms with Crippen molar-refractivity contribution in [1.82, 2.24) is 14.3 Å². The van der Waals surface area contributed by atoms with E-state index in [1.807, 2.05) is 43.1 Å². The van der Waals surface area contributed by atoms with Crippen LogP contribution < -0.4 is 0 Å². The van der Waals surface area contributed by atoms with Crippen molar-refractivity contribution in [2.24, 2.45) is 0 Å². The van der Waals surface area contributed by atoms with Crippen LogP contribution in [0.2, 0.25) is 0 Å². The topological polar surface area (TPSA) is 40.8 Å². The highest BCUT2D eigenvalue weighted by Crippen LogP contribution is 2.17. The lowest BCUT2D eigenvalue weighted by Gasteiger charge is -2.33. The van der Waals surface area contributed by atoms with E-state index in [0.717, 1.165) is 17.2 Å². The molecule has 0 aliphatic carbocycles. The molecule has 2 aromatic heterocycles. The van der Waals surface area contributed by atoms with Crippen LogP contribution in [0, 0.1) is 0 Å². The molecule has 0 bridgehead atoms. The van der Waals surface area contributed by atoms with Gasteiger partial charge in [-0.1, -0.05) is 0 Å². The van der Waals surface area contributed by atoms with Crippen molar-refractivity contribution >= 4 is 16.3 Å². The molecule has 2 rings (SSSR count). The van der Waals surface area contributed by atoms with E-state index in [-0.39, 0.29) is 12.1 Å². The van der Waals surface area contributed by atoms with Gasteiger partial charge in [-0.15, -0.1) is 11.3 Å². The maximum Gasteiger partial charge on any atom is 0.193 e. The minimum atomic E-state index is -0.211. The van der Waals surface area contributed by atoms with Gasteiger partial charge in [0.05, 0.1) is 12.3 Å². The lowest BCUT2D eigenvalue weighted by atomic mass is 10.1. The van der Waals surface area contributed by atoms with Gasteiger partial charge < -0.3 is 5.11 Å². The van der Waals surface area contributed by atoms with Crippen LogP contribution in [0.3, 0.4) is 0 Å². The third-order valence-electron chi connectivity index (χ3n) is 2.96. The van der Waals surface area contributed by atoms with Gasteiger partial charge in [0.1, 0.15) is 0 Å². The smallest absolute Gasteiger partial charge is 0.193 e. The van der Waals surface area contributed by atoms with E-state index < -0.39 is 0 Å². The van der Waals surface area contributed by atoms with E-state index in [0.29, 0.717) is 0 Å². The molecular weight excluding hydrogens is 222 g/mol. The van der Waals surface area contributed by atoms with Crippen LogP contribution in [0.5, 0.6) is 0 Å². The standard InChI is InChI=1S/C11H17N3OS/c1-11(2,8-15)13(3)6-9-7-14-4-5-16-10(14)12-9/h4-5,7,15H,6,8H2,1-3H3. The first-order chi connectivity index (χ1) is 7.53. The quantitative estimate of drug-likeness (QED) is 0.881. The van der Waals surface area contributed by atoms with Crippen molar-refractivity contribution in [1.29, 1.82) is 0 Å². The number of imidazole rings is 1. The Hall–Kier alpha value is -0.910. The van der Waals surface area contributed by atoms with Gasteiger partial charge in [0.2, 0.25) is 0 Å². The first-order valence-electron chi connectivity index (χ1n) is 5.26. The number of aromatic nitrogens is 2. The SMILES string of the molecule is CN(Cc1cn2ccsc2n1)C(C)(C)CO. The van der Waals surface area contributed by atoms with E-state index in [1.165, 1.54) is 0 Å². The second-order valence-corrected chi connectivity index (χ2v) is 5.52. The molecule has 2 aromatic rings. The Morgan fingerprint density at radius 2 is 2.31 bits per heavy atom. The zero-order valence-electron chi connectivity index (χ0n) is 9.84. The van der Waals surface area contributed by atoms with E-state index in [4.69, 9.17) is 0 Å². The minimum absolute atomic E-state index is 0.145. The molecule has 5 heteroatoms. The molecule has 0 aliphatic heterocycles. The van der Waals surface area contributed by atoms with Crippen LogP contribution >= 0.6 is 11.3 Å². The number of hydrogen-bond acceptors (Lipinski definition) is 4. The molecule has 0 fully saturated rings. The van der Waals surface area contributed by atoms with Crippen LogP contribution in [0.25, 0.3) is 4.96 Å². The summed E-state index contributed by atoms with van der Waals surface area (Å²) < 4.78 is 2.03. The number of aliphatic hydroxyl groups is 1. The third kappa shape index (κ3) is 2.11. The fourth-order valence-corrected chi connectivity index (χ4v) is 2.15. The lowest BCUT2D eigenvalue weighted by molar-refractivity contribution is 0.0726. The Labute approximate surface area is 99.2 Å². The third-order valence-corrected chi connectivity index (χ3v) is 3.73. The first-order valence-corrected chi connectivity index (χ1v) is 6.14. The number of likely N-dealkylation sites (N-methyl/N-ethyl adjacent to an activating group) is 1. The number of nitrogens with zero attached hydrogens (tertiary/aromatic N) is 3. The largest absolute Gasteiger partial charge is 0.394 e. The Morgan fingerprint density at radius 3 is 2.94 bits per heavy atom. The molecule has 0 atom stereocenters. The first kappa shape index (κ1) is 11.6. The minimum Gasteiger partial charge on any atom is -0.394 e. The maximum atomic E-state index is 9.28. The Morgan fingerprint density at radius 1 is 1.56 bits per heavy atom. The van der Waals surface area contributed by atoms with Crippen LogP contribution in [-0.4, -0.2) is 38.6 Å². The molecule has 4 nitrogen and oxygen atoms in total. The molecule has 1 N–H and O–H groups in total. The normalized spacial score (nSPS) is 12.8. The predicted octanol–water partition coefficient (Wildman–Crippen LogP) is 1.60. The lowest BCUT2D eigenvalue weighted by Crippen LogP contribution is -2.43. The van der Waals surface area contributed by atoms with Gasteiger partial charge in [0, 0.05) is 29.9 Å². The summed E-state index contributed by atoms with van der Waals surface area (Å²) in [7, 11) is 2.00. The number of fused-ring (bicyclic) bond motifs is 1. The average Bonchev–Trinajstić information content (AvgIpc) is 2.77. The van der Waals surface area contributed by atoms with Crippen molar-refractivity contribution < 1.29 is 5.11 Å². The molecular formula is C11H17N3OS. The Balaban J connectivity index is 2.13. The number of thiazole rings is 1. The summed E-state index contributed by atoms with van der Waals surface area (Å²) in [6, 6.07) is 0. The summed E-state index contributed by atoms with van der Waals surface area (Å²) >= 11 is 1.63. The summed E-state index contributed by atoms with van der Waals surface area (Å²) in [5.74, 6) is 0. The molecule has 0 unspecified atom stereocenters. The van der Waals surface area contributed by atoms with Gasteiger partial charge in [-0.3, -0.25) is 9.30 Å². The predicted molar refractivity (Wildman–Crippen MR) is 65.7 cm³/mol. The summed E-state index contributed by atoms with van der Waals surface area (Å²) in [6.07, 6.45) is 4.05. The van der Waals surface area contributed by atoms with E-state index in [2.05, 4.69) is 9.88 Å². The molecule has 0 saturated heterocycles. The summed E-state index contributed by atoms with van der Waals surface area (Å²) in [4.78, 5) is 7.65. The molecule has 0 spiro atoms. The monoisotopic (exact) mass is 239 g/mol. The highest BCUT2D eigenvalue weighted by molar-refractivity contribution is 7.15. The summed E-state index contributed by atoms with van der Waals surface area (Å²) in [5, 5.41) is 11.3. The van der Waals surface area contributed by atoms with Crippen LogP contribution in [-0.2, 0) is 6.54 Å². The van der Waals surface area contributed by atoms with Gasteiger partial charge in [0.15, 0.2) is 4.96 Å². The van der Waals surface area contributed by atoms with Crippen LogP contribution in [0.4, 0.5) is 0 Å². The fraction of sp³-hybridized carbons (Fsp3) is 0.545. The molecule has 2 heterocycles. The molecule has 0 aromatic carbocycles. The zero-order valence-corrected chi connectivity index (χ0v) is 10.7. The van der Waals surface area contributed by atoms with E-state index in [9.17, 15) is 5.11 Å². The van der Waals surface area contributed by atoms with Crippen molar-refractivity contribution in [3.8, 4) is 0 Å². The van der Waals surface area contributed by atoms with E-state index >= 15 is 0 Å². The molecule has 0 aliphatic rings. The molecule has 88 valence electrons. The maximum absolute atomic E-state index is 9.28. The molecule has 0 amide bonds. The van der Waals surface area contributed by atoms with Crippen molar-refractivity contribution in [2.75, 3.05) is 13.7 Å². The van der Waals surface area contributed by atoms with Crippen molar-refractivity contribution in [3.63, 3.8) is 0 Å². The van der Waals surface area contributed by atoms with Crippen molar-refractivity contribution in [2.45, 2.75) is 25.9 Å². The van der Waals surface area contributed by atoms with Gasteiger partial charge in [0.25, 0.3) is 0 Å². The summed E-state index contributed by atoms with van der Waals surface area (Å²) in [5.41, 5.74) is 0.827. The van der Waals surface area contributed by atoms with Crippen LogP contribution in [0.1, 0.15) is 19.5 Å².